The zero-order valence-corrected chi connectivity index (χ0v) is 12.9. The van der Waals surface area contributed by atoms with E-state index >= 15 is 0 Å². The van der Waals surface area contributed by atoms with Crippen molar-refractivity contribution in [2.24, 2.45) is 0 Å². The first kappa shape index (κ1) is 15.2. The summed E-state index contributed by atoms with van der Waals surface area (Å²) in [5.41, 5.74) is -0.0255. The number of aromatic nitrogens is 2. The van der Waals surface area contributed by atoms with Gasteiger partial charge in [-0.2, -0.15) is 5.10 Å². The number of fused-ring (bicyclic) bond motifs is 1. The fourth-order valence-corrected chi connectivity index (χ4v) is 2.93. The highest BCUT2D eigenvalue weighted by molar-refractivity contribution is 7.99. The fourth-order valence-electron chi connectivity index (χ4n) is 2.13. The van der Waals surface area contributed by atoms with Crippen LogP contribution in [0.1, 0.15) is 0 Å². The van der Waals surface area contributed by atoms with E-state index in [1.807, 2.05) is 24.3 Å². The lowest BCUT2D eigenvalue weighted by Gasteiger charge is -2.07. The van der Waals surface area contributed by atoms with Gasteiger partial charge in [-0.1, -0.05) is 36.4 Å². The molecule has 0 saturated heterocycles. The van der Waals surface area contributed by atoms with Crippen molar-refractivity contribution in [3.05, 3.63) is 64.8 Å². The average Bonchev–Trinajstić information content (AvgIpc) is 2.59. The van der Waals surface area contributed by atoms with Gasteiger partial charge in [0.15, 0.2) is 5.75 Å². The number of nitrogens with zero attached hydrogens (tertiary/aromatic N) is 3. The SMILES string of the molecule is O=[N+]([O-])c1ccccc1OCCSc1nncc2ccccc12. The summed E-state index contributed by atoms with van der Waals surface area (Å²) < 4.78 is 5.52. The second-order valence-electron chi connectivity index (χ2n) is 4.66. The molecule has 23 heavy (non-hydrogen) atoms. The molecule has 0 amide bonds. The molecule has 0 bridgehead atoms. The minimum absolute atomic E-state index is 0.0255. The summed E-state index contributed by atoms with van der Waals surface area (Å²) in [6.45, 7) is 0.348. The Morgan fingerprint density at radius 2 is 1.91 bits per heavy atom. The van der Waals surface area contributed by atoms with E-state index < -0.39 is 4.92 Å². The van der Waals surface area contributed by atoms with Gasteiger partial charge in [0.2, 0.25) is 0 Å². The Kier molecular flexibility index (Phi) is 4.68. The number of hydrogen-bond donors (Lipinski definition) is 0. The van der Waals surface area contributed by atoms with E-state index in [0.29, 0.717) is 12.4 Å². The Balaban J connectivity index is 1.63. The summed E-state index contributed by atoms with van der Waals surface area (Å²) in [4.78, 5) is 10.5. The first-order valence-electron chi connectivity index (χ1n) is 6.95. The summed E-state index contributed by atoms with van der Waals surface area (Å²) in [5.74, 6) is 0.900. The number of hydrogen-bond acceptors (Lipinski definition) is 6. The summed E-state index contributed by atoms with van der Waals surface area (Å²) in [5, 5.41) is 22.0. The molecule has 0 aliphatic carbocycles. The molecule has 0 unspecified atom stereocenters. The number of ether oxygens (including phenoxy) is 1. The van der Waals surface area contributed by atoms with E-state index in [1.165, 1.54) is 17.8 Å². The number of thioether (sulfide) groups is 1. The quantitative estimate of drug-likeness (QED) is 0.297. The van der Waals surface area contributed by atoms with Crippen LogP contribution in [-0.4, -0.2) is 27.5 Å². The summed E-state index contributed by atoms with van der Waals surface area (Å²) in [6.07, 6.45) is 1.73. The van der Waals surface area contributed by atoms with E-state index in [9.17, 15) is 10.1 Å². The number of nitro groups is 1. The monoisotopic (exact) mass is 327 g/mol. The van der Waals surface area contributed by atoms with E-state index in [-0.39, 0.29) is 11.4 Å². The van der Waals surface area contributed by atoms with Gasteiger partial charge in [0.25, 0.3) is 0 Å². The molecule has 7 heteroatoms. The predicted octanol–water partition coefficient (Wildman–Crippen LogP) is 3.71. The van der Waals surface area contributed by atoms with Crippen LogP contribution >= 0.6 is 11.8 Å². The van der Waals surface area contributed by atoms with Gasteiger partial charge in [0.05, 0.1) is 17.7 Å². The van der Waals surface area contributed by atoms with Crippen LogP contribution in [0.25, 0.3) is 10.8 Å². The van der Waals surface area contributed by atoms with Crippen LogP contribution in [0.3, 0.4) is 0 Å². The van der Waals surface area contributed by atoms with Crippen molar-refractivity contribution >= 4 is 28.2 Å². The molecule has 0 saturated carbocycles. The van der Waals surface area contributed by atoms with Crippen LogP contribution in [0.2, 0.25) is 0 Å². The van der Waals surface area contributed by atoms with Crippen molar-refractivity contribution in [1.29, 1.82) is 0 Å². The molecule has 0 atom stereocenters. The first-order valence-corrected chi connectivity index (χ1v) is 7.94. The molecule has 0 aliphatic heterocycles. The van der Waals surface area contributed by atoms with Crippen molar-refractivity contribution < 1.29 is 9.66 Å². The van der Waals surface area contributed by atoms with E-state index in [4.69, 9.17) is 4.74 Å². The van der Waals surface area contributed by atoms with E-state index in [2.05, 4.69) is 10.2 Å². The first-order chi connectivity index (χ1) is 11.3. The number of rotatable bonds is 6. The van der Waals surface area contributed by atoms with Crippen molar-refractivity contribution in [2.45, 2.75) is 5.03 Å². The van der Waals surface area contributed by atoms with Gasteiger partial charge in [-0.15, -0.1) is 16.9 Å². The Labute approximate surface area is 136 Å². The predicted molar refractivity (Wildman–Crippen MR) is 88.9 cm³/mol. The van der Waals surface area contributed by atoms with Crippen LogP contribution in [-0.2, 0) is 0 Å². The van der Waals surface area contributed by atoms with Gasteiger partial charge in [0.1, 0.15) is 5.03 Å². The summed E-state index contributed by atoms with van der Waals surface area (Å²) >= 11 is 1.51. The van der Waals surface area contributed by atoms with Gasteiger partial charge >= 0.3 is 5.69 Å². The molecule has 0 fully saturated rings. The van der Waals surface area contributed by atoms with Crippen molar-refractivity contribution in [3.63, 3.8) is 0 Å². The van der Waals surface area contributed by atoms with Gasteiger partial charge in [-0.25, -0.2) is 0 Å². The van der Waals surface area contributed by atoms with Crippen LogP contribution in [0.4, 0.5) is 5.69 Å². The largest absolute Gasteiger partial charge is 0.486 e. The molecule has 116 valence electrons. The van der Waals surface area contributed by atoms with Crippen molar-refractivity contribution in [3.8, 4) is 5.75 Å². The Morgan fingerprint density at radius 3 is 2.78 bits per heavy atom. The smallest absolute Gasteiger partial charge is 0.310 e. The third kappa shape index (κ3) is 3.57. The number of benzene rings is 2. The summed E-state index contributed by atoms with van der Waals surface area (Å²) in [7, 11) is 0. The lowest BCUT2D eigenvalue weighted by Crippen LogP contribution is -2.03. The molecular weight excluding hydrogens is 314 g/mol. The van der Waals surface area contributed by atoms with Crippen LogP contribution in [0.15, 0.2) is 59.8 Å². The van der Waals surface area contributed by atoms with E-state index in [0.717, 1.165) is 15.8 Å². The molecule has 0 spiro atoms. The highest BCUT2D eigenvalue weighted by Crippen LogP contribution is 2.27. The molecule has 6 nitrogen and oxygen atoms in total. The maximum atomic E-state index is 10.9. The van der Waals surface area contributed by atoms with Gasteiger partial charge < -0.3 is 4.74 Å². The molecule has 3 rings (SSSR count). The third-order valence-corrected chi connectivity index (χ3v) is 4.12. The summed E-state index contributed by atoms with van der Waals surface area (Å²) in [6, 6.07) is 14.2. The Bertz CT molecular complexity index is 836. The topological polar surface area (TPSA) is 78.2 Å². The Hall–Kier alpha value is -2.67. The van der Waals surface area contributed by atoms with Crippen molar-refractivity contribution in [1.82, 2.24) is 10.2 Å². The lowest BCUT2D eigenvalue weighted by atomic mass is 10.2. The molecule has 3 aromatic rings. The van der Waals surface area contributed by atoms with Crippen molar-refractivity contribution in [2.75, 3.05) is 12.4 Å². The highest BCUT2D eigenvalue weighted by atomic mass is 32.2. The minimum atomic E-state index is -0.446. The van der Waals surface area contributed by atoms with Crippen LogP contribution in [0, 0.1) is 10.1 Å². The maximum Gasteiger partial charge on any atom is 0.310 e. The fraction of sp³-hybridized carbons (Fsp3) is 0.125. The molecule has 0 radical (unpaired) electrons. The van der Waals surface area contributed by atoms with Gasteiger partial charge in [-0.3, -0.25) is 10.1 Å². The zero-order chi connectivity index (χ0) is 16.1. The van der Waals surface area contributed by atoms with Crippen LogP contribution in [0.5, 0.6) is 5.75 Å². The second-order valence-corrected chi connectivity index (χ2v) is 5.74. The Morgan fingerprint density at radius 1 is 1.13 bits per heavy atom. The zero-order valence-electron chi connectivity index (χ0n) is 12.1. The van der Waals surface area contributed by atoms with Gasteiger partial charge in [0, 0.05) is 22.6 Å². The normalized spacial score (nSPS) is 10.6. The van der Waals surface area contributed by atoms with Crippen LogP contribution < -0.4 is 4.74 Å². The molecule has 1 heterocycles. The second kappa shape index (κ2) is 7.06. The molecule has 2 aromatic carbocycles. The maximum absolute atomic E-state index is 10.9. The molecular formula is C16H13N3O3S. The number of nitro benzene ring substituents is 1. The average molecular weight is 327 g/mol. The standard InChI is InChI=1S/C16H13N3O3S/c20-19(21)14-7-3-4-8-15(14)22-9-10-23-16-13-6-2-1-5-12(13)11-17-18-16/h1-8,11H,9-10H2. The van der Waals surface area contributed by atoms with Gasteiger partial charge in [-0.05, 0) is 6.07 Å². The number of para-hydroxylation sites is 2. The van der Waals surface area contributed by atoms with E-state index in [1.54, 1.807) is 24.4 Å². The molecule has 0 aliphatic rings. The molecule has 0 N–H and O–H groups in total. The molecule has 1 aromatic heterocycles. The highest BCUT2D eigenvalue weighted by Gasteiger charge is 2.13. The third-order valence-electron chi connectivity index (χ3n) is 3.18. The minimum Gasteiger partial charge on any atom is -0.486 e. The lowest BCUT2D eigenvalue weighted by molar-refractivity contribution is -0.385.